The van der Waals surface area contributed by atoms with Gasteiger partial charge in [0, 0.05) is 6.61 Å². The van der Waals surface area contributed by atoms with Crippen molar-refractivity contribution in [3.63, 3.8) is 0 Å². The van der Waals surface area contributed by atoms with Gasteiger partial charge in [0.1, 0.15) is 0 Å². The maximum atomic E-state index is 8.92. The molecule has 0 spiro atoms. The second kappa shape index (κ2) is 2.73. The Bertz CT molecular complexity index is 170. The summed E-state index contributed by atoms with van der Waals surface area (Å²) in [6, 6.07) is 0. The number of rotatable bonds is 2. The van der Waals surface area contributed by atoms with Gasteiger partial charge in [0.15, 0.2) is 0 Å². The molecule has 3 aliphatic rings. The molecule has 0 radical (unpaired) electrons. The standard InChI is InChI=1S/C11H20O/c1-11(2)9-4-3-8(5-6-12)10(11)7-9/h8-10,12H,3-7H2,1-2H3/t8-,9-,10+/m0/s1. The molecule has 3 atom stereocenters. The highest BCUT2D eigenvalue weighted by Gasteiger charge is 2.53. The molecule has 1 heteroatoms. The molecule has 3 fully saturated rings. The first-order valence-electron chi connectivity index (χ1n) is 5.27. The van der Waals surface area contributed by atoms with Crippen molar-refractivity contribution in [2.45, 2.75) is 39.5 Å². The Labute approximate surface area is 75.2 Å². The summed E-state index contributed by atoms with van der Waals surface area (Å²) in [7, 11) is 0. The van der Waals surface area contributed by atoms with Gasteiger partial charge in [-0.05, 0) is 48.9 Å². The molecular formula is C11H20O. The van der Waals surface area contributed by atoms with E-state index in [2.05, 4.69) is 13.8 Å². The molecule has 0 unspecified atom stereocenters. The fourth-order valence-corrected chi connectivity index (χ4v) is 3.47. The summed E-state index contributed by atoms with van der Waals surface area (Å²) in [4.78, 5) is 0. The van der Waals surface area contributed by atoms with Gasteiger partial charge in [0.25, 0.3) is 0 Å². The second-order valence-corrected chi connectivity index (χ2v) is 5.21. The predicted molar refractivity (Wildman–Crippen MR) is 49.8 cm³/mol. The molecule has 0 saturated heterocycles. The van der Waals surface area contributed by atoms with E-state index in [-0.39, 0.29) is 0 Å². The van der Waals surface area contributed by atoms with E-state index in [1.807, 2.05) is 0 Å². The summed E-state index contributed by atoms with van der Waals surface area (Å²) in [6.07, 6.45) is 5.27. The number of fused-ring (bicyclic) bond motifs is 2. The van der Waals surface area contributed by atoms with Crippen LogP contribution in [0, 0.1) is 23.2 Å². The quantitative estimate of drug-likeness (QED) is 0.671. The average Bonchev–Trinajstić information content (AvgIpc) is 2.05. The molecule has 3 saturated carbocycles. The van der Waals surface area contributed by atoms with Gasteiger partial charge in [-0.25, -0.2) is 0 Å². The van der Waals surface area contributed by atoms with Crippen LogP contribution >= 0.6 is 0 Å². The van der Waals surface area contributed by atoms with Gasteiger partial charge in [-0.1, -0.05) is 13.8 Å². The lowest BCUT2D eigenvalue weighted by Gasteiger charge is -2.60. The number of hydrogen-bond donors (Lipinski definition) is 1. The lowest BCUT2D eigenvalue weighted by molar-refractivity contribution is -0.109. The van der Waals surface area contributed by atoms with Gasteiger partial charge in [0.05, 0.1) is 0 Å². The minimum atomic E-state index is 0.391. The minimum Gasteiger partial charge on any atom is -0.396 e. The number of aliphatic hydroxyl groups is 1. The second-order valence-electron chi connectivity index (χ2n) is 5.21. The van der Waals surface area contributed by atoms with Crippen LogP contribution in [0.15, 0.2) is 0 Å². The van der Waals surface area contributed by atoms with Gasteiger partial charge in [0.2, 0.25) is 0 Å². The molecule has 3 rings (SSSR count). The Morgan fingerprint density at radius 1 is 1.33 bits per heavy atom. The highest BCUT2D eigenvalue weighted by atomic mass is 16.3. The van der Waals surface area contributed by atoms with Crippen molar-refractivity contribution in [1.82, 2.24) is 0 Å². The zero-order valence-electron chi connectivity index (χ0n) is 8.21. The topological polar surface area (TPSA) is 20.2 Å². The molecule has 1 N–H and O–H groups in total. The van der Waals surface area contributed by atoms with Crippen molar-refractivity contribution in [3.8, 4) is 0 Å². The van der Waals surface area contributed by atoms with Crippen LogP contribution < -0.4 is 0 Å². The fourth-order valence-electron chi connectivity index (χ4n) is 3.47. The van der Waals surface area contributed by atoms with Crippen LogP contribution in [0.4, 0.5) is 0 Å². The predicted octanol–water partition coefficient (Wildman–Crippen LogP) is 2.44. The third-order valence-corrected chi connectivity index (χ3v) is 4.50. The molecule has 0 heterocycles. The van der Waals surface area contributed by atoms with Crippen LogP contribution in [0.3, 0.4) is 0 Å². The van der Waals surface area contributed by atoms with E-state index >= 15 is 0 Å². The zero-order valence-corrected chi connectivity index (χ0v) is 8.21. The molecule has 0 aliphatic heterocycles. The lowest BCUT2D eigenvalue weighted by Crippen LogP contribution is -2.52. The Hall–Kier alpha value is -0.0400. The van der Waals surface area contributed by atoms with E-state index in [9.17, 15) is 0 Å². The number of aliphatic hydroxyl groups excluding tert-OH is 1. The van der Waals surface area contributed by atoms with Crippen LogP contribution in [0.25, 0.3) is 0 Å². The van der Waals surface area contributed by atoms with Crippen LogP contribution in [0.5, 0.6) is 0 Å². The summed E-state index contributed by atoms with van der Waals surface area (Å²) in [5.74, 6) is 2.75. The summed E-state index contributed by atoms with van der Waals surface area (Å²) >= 11 is 0. The van der Waals surface area contributed by atoms with E-state index in [1.54, 1.807) is 0 Å². The van der Waals surface area contributed by atoms with E-state index in [4.69, 9.17) is 5.11 Å². The Kier molecular flexibility index (Phi) is 1.95. The first-order valence-corrected chi connectivity index (χ1v) is 5.27. The fraction of sp³-hybridized carbons (Fsp3) is 1.00. The Morgan fingerprint density at radius 2 is 2.08 bits per heavy atom. The molecular weight excluding hydrogens is 148 g/mol. The maximum Gasteiger partial charge on any atom is 0.0433 e. The van der Waals surface area contributed by atoms with Crippen molar-refractivity contribution < 1.29 is 5.11 Å². The van der Waals surface area contributed by atoms with Gasteiger partial charge in [-0.3, -0.25) is 0 Å². The van der Waals surface area contributed by atoms with Gasteiger partial charge < -0.3 is 5.11 Å². The van der Waals surface area contributed by atoms with Gasteiger partial charge in [-0.15, -0.1) is 0 Å². The minimum absolute atomic E-state index is 0.391. The molecule has 0 aromatic rings. The van der Waals surface area contributed by atoms with Gasteiger partial charge in [-0.2, -0.15) is 0 Å². The van der Waals surface area contributed by atoms with E-state index in [0.717, 1.165) is 24.2 Å². The third-order valence-electron chi connectivity index (χ3n) is 4.50. The van der Waals surface area contributed by atoms with Crippen molar-refractivity contribution in [2.24, 2.45) is 23.2 Å². The monoisotopic (exact) mass is 168 g/mol. The normalized spacial score (nSPS) is 43.8. The lowest BCUT2D eigenvalue weighted by atomic mass is 9.45. The molecule has 12 heavy (non-hydrogen) atoms. The molecule has 1 nitrogen and oxygen atoms in total. The average molecular weight is 168 g/mol. The first kappa shape index (κ1) is 8.55. The van der Waals surface area contributed by atoms with Crippen molar-refractivity contribution in [3.05, 3.63) is 0 Å². The Balaban J connectivity index is 2.01. The SMILES string of the molecule is CC1(C)[C@H]2CC[C@@H](CCO)[C@H]1C2. The largest absolute Gasteiger partial charge is 0.396 e. The number of hydrogen-bond acceptors (Lipinski definition) is 1. The van der Waals surface area contributed by atoms with Crippen LogP contribution in [0.2, 0.25) is 0 Å². The molecule has 3 aliphatic carbocycles. The molecule has 0 aromatic heterocycles. The van der Waals surface area contributed by atoms with Crippen LogP contribution in [0.1, 0.15) is 39.5 Å². The zero-order chi connectivity index (χ0) is 8.77. The van der Waals surface area contributed by atoms with Crippen molar-refractivity contribution in [1.29, 1.82) is 0 Å². The summed E-state index contributed by atoms with van der Waals surface area (Å²) in [5, 5.41) is 8.92. The molecule has 0 amide bonds. The molecule has 2 bridgehead atoms. The van der Waals surface area contributed by atoms with E-state index in [0.29, 0.717) is 12.0 Å². The summed E-state index contributed by atoms with van der Waals surface area (Å²) in [6.45, 7) is 5.21. The Morgan fingerprint density at radius 3 is 2.58 bits per heavy atom. The van der Waals surface area contributed by atoms with Crippen LogP contribution in [-0.2, 0) is 0 Å². The maximum absolute atomic E-state index is 8.92. The first-order chi connectivity index (χ1) is 5.66. The van der Waals surface area contributed by atoms with Crippen molar-refractivity contribution >= 4 is 0 Å². The van der Waals surface area contributed by atoms with Crippen LogP contribution in [-0.4, -0.2) is 11.7 Å². The summed E-state index contributed by atoms with van der Waals surface area (Å²) < 4.78 is 0. The van der Waals surface area contributed by atoms with E-state index < -0.39 is 0 Å². The van der Waals surface area contributed by atoms with Crippen molar-refractivity contribution in [2.75, 3.05) is 6.61 Å². The molecule has 70 valence electrons. The summed E-state index contributed by atoms with van der Waals surface area (Å²) in [5.41, 5.74) is 0.595. The van der Waals surface area contributed by atoms with Gasteiger partial charge >= 0.3 is 0 Å². The third kappa shape index (κ3) is 1.02. The smallest absolute Gasteiger partial charge is 0.0433 e. The van der Waals surface area contributed by atoms with E-state index in [1.165, 1.54) is 19.3 Å². The highest BCUT2D eigenvalue weighted by Crippen LogP contribution is 2.61. The molecule has 0 aromatic carbocycles. The highest BCUT2D eigenvalue weighted by molar-refractivity contribution is 5.02.